The molecule has 0 saturated heterocycles. The fourth-order valence-corrected chi connectivity index (χ4v) is 3.57. The van der Waals surface area contributed by atoms with E-state index in [1.807, 2.05) is 11.8 Å². The fourth-order valence-electron chi connectivity index (χ4n) is 2.59. The van der Waals surface area contributed by atoms with Gasteiger partial charge in [-0.1, -0.05) is 58.4 Å². The molecule has 0 spiro atoms. The van der Waals surface area contributed by atoms with Crippen LogP contribution in [-0.4, -0.2) is 17.0 Å². The van der Waals surface area contributed by atoms with Gasteiger partial charge in [0.05, 0.1) is 0 Å². The van der Waals surface area contributed by atoms with Crippen molar-refractivity contribution in [1.82, 2.24) is 5.32 Å². The molecule has 1 atom stereocenters. The van der Waals surface area contributed by atoms with Crippen LogP contribution in [0.3, 0.4) is 0 Å². The Bertz CT molecular complexity index is 400. The van der Waals surface area contributed by atoms with Gasteiger partial charge in [-0.25, -0.2) is 0 Å². The maximum Gasteiger partial charge on any atom is 0.0411 e. The summed E-state index contributed by atoms with van der Waals surface area (Å²) < 4.78 is 0.333. The predicted octanol–water partition coefficient (Wildman–Crippen LogP) is 5.14. The van der Waals surface area contributed by atoms with Gasteiger partial charge in [-0.2, -0.15) is 11.8 Å². The Labute approximate surface area is 128 Å². The number of hydrogen-bond acceptors (Lipinski definition) is 2. The lowest BCUT2D eigenvalue weighted by atomic mass is 9.80. The van der Waals surface area contributed by atoms with Crippen molar-refractivity contribution in [3.8, 4) is 0 Å². The molecule has 1 saturated carbocycles. The SMILES string of the molecule is CCNC(CSC(C)(C)C)c1ccc(C2CCC2)cc1. The van der Waals surface area contributed by atoms with Crippen molar-refractivity contribution in [2.75, 3.05) is 12.3 Å². The van der Waals surface area contributed by atoms with Gasteiger partial charge >= 0.3 is 0 Å². The van der Waals surface area contributed by atoms with E-state index in [0.29, 0.717) is 10.8 Å². The summed E-state index contributed by atoms with van der Waals surface area (Å²) >= 11 is 2.04. The van der Waals surface area contributed by atoms with Gasteiger partial charge in [0.1, 0.15) is 0 Å². The van der Waals surface area contributed by atoms with E-state index in [2.05, 4.69) is 57.3 Å². The summed E-state index contributed by atoms with van der Waals surface area (Å²) in [6.07, 6.45) is 4.18. The van der Waals surface area contributed by atoms with Gasteiger partial charge < -0.3 is 5.32 Å². The van der Waals surface area contributed by atoms with Gasteiger partial charge in [0.25, 0.3) is 0 Å². The molecule has 2 heteroatoms. The zero-order valence-corrected chi connectivity index (χ0v) is 14.2. The second-order valence-electron chi connectivity index (χ2n) is 6.83. The first-order valence-corrected chi connectivity index (χ1v) is 8.95. The Balaban J connectivity index is 2.00. The first kappa shape index (κ1) is 15.9. The highest BCUT2D eigenvalue weighted by Gasteiger charge is 2.20. The summed E-state index contributed by atoms with van der Waals surface area (Å²) in [6.45, 7) is 10.1. The Morgan fingerprint density at radius 2 is 1.85 bits per heavy atom. The average Bonchev–Trinajstić information content (AvgIpc) is 2.32. The maximum atomic E-state index is 3.63. The van der Waals surface area contributed by atoms with Crippen LogP contribution in [0.4, 0.5) is 0 Å². The van der Waals surface area contributed by atoms with E-state index in [0.717, 1.165) is 18.2 Å². The summed E-state index contributed by atoms with van der Waals surface area (Å²) in [5, 5.41) is 3.63. The van der Waals surface area contributed by atoms with Crippen LogP contribution in [0.1, 0.15) is 70.0 Å². The van der Waals surface area contributed by atoms with Gasteiger partial charge in [-0.3, -0.25) is 0 Å². The van der Waals surface area contributed by atoms with Crippen LogP contribution in [0, 0.1) is 0 Å². The minimum absolute atomic E-state index is 0.333. The van der Waals surface area contributed by atoms with E-state index in [1.54, 1.807) is 5.56 Å². The molecule has 0 heterocycles. The van der Waals surface area contributed by atoms with E-state index in [1.165, 1.54) is 24.8 Å². The molecule has 1 aromatic rings. The standard InChI is InChI=1S/C18H29NS/c1-5-19-17(13-20-18(2,3)4)16-11-9-15(10-12-16)14-7-6-8-14/h9-12,14,17,19H,5-8,13H2,1-4H3. The van der Waals surface area contributed by atoms with Crippen LogP contribution in [0.15, 0.2) is 24.3 Å². The van der Waals surface area contributed by atoms with Gasteiger partial charge in [-0.05, 0) is 36.4 Å². The lowest BCUT2D eigenvalue weighted by Gasteiger charge is -2.27. The van der Waals surface area contributed by atoms with E-state index < -0.39 is 0 Å². The molecule has 1 aliphatic rings. The van der Waals surface area contributed by atoms with E-state index in [9.17, 15) is 0 Å². The molecule has 1 aromatic carbocycles. The molecule has 1 unspecified atom stereocenters. The Kier molecular flexibility index (Phi) is 5.57. The summed E-state index contributed by atoms with van der Waals surface area (Å²) in [7, 11) is 0. The molecule has 1 aliphatic carbocycles. The van der Waals surface area contributed by atoms with Gasteiger partial charge in [-0.15, -0.1) is 0 Å². The smallest absolute Gasteiger partial charge is 0.0411 e. The van der Waals surface area contributed by atoms with Gasteiger partial charge in [0.2, 0.25) is 0 Å². The number of benzene rings is 1. The van der Waals surface area contributed by atoms with Crippen molar-refractivity contribution in [3.05, 3.63) is 35.4 Å². The van der Waals surface area contributed by atoms with Crippen molar-refractivity contribution in [1.29, 1.82) is 0 Å². The molecule has 0 amide bonds. The summed E-state index contributed by atoms with van der Waals surface area (Å²) in [6, 6.07) is 9.85. The van der Waals surface area contributed by atoms with Crippen LogP contribution in [0.2, 0.25) is 0 Å². The third kappa shape index (κ3) is 4.53. The topological polar surface area (TPSA) is 12.0 Å². The minimum Gasteiger partial charge on any atom is -0.310 e. The lowest BCUT2D eigenvalue weighted by molar-refractivity contribution is 0.419. The molecule has 20 heavy (non-hydrogen) atoms. The van der Waals surface area contributed by atoms with E-state index in [-0.39, 0.29) is 0 Å². The van der Waals surface area contributed by atoms with Crippen LogP contribution in [0.5, 0.6) is 0 Å². The lowest BCUT2D eigenvalue weighted by Crippen LogP contribution is -2.25. The third-order valence-electron chi connectivity index (χ3n) is 4.05. The largest absolute Gasteiger partial charge is 0.310 e. The van der Waals surface area contributed by atoms with Gasteiger partial charge in [0.15, 0.2) is 0 Å². The number of nitrogens with one attached hydrogen (secondary N) is 1. The van der Waals surface area contributed by atoms with E-state index >= 15 is 0 Å². The Morgan fingerprint density at radius 3 is 2.30 bits per heavy atom. The Hall–Kier alpha value is -0.470. The number of rotatable bonds is 6. The molecular formula is C18H29NS. The van der Waals surface area contributed by atoms with Crippen LogP contribution in [-0.2, 0) is 0 Å². The quantitative estimate of drug-likeness (QED) is 0.779. The molecule has 112 valence electrons. The van der Waals surface area contributed by atoms with Gasteiger partial charge in [0, 0.05) is 16.5 Å². The molecule has 0 aliphatic heterocycles. The molecule has 2 rings (SSSR count). The third-order valence-corrected chi connectivity index (χ3v) is 5.41. The summed E-state index contributed by atoms with van der Waals surface area (Å²) in [5.41, 5.74) is 2.98. The van der Waals surface area contributed by atoms with Crippen molar-refractivity contribution < 1.29 is 0 Å². The fraction of sp³-hybridized carbons (Fsp3) is 0.667. The molecular weight excluding hydrogens is 262 g/mol. The normalized spacial score (nSPS) is 17.8. The highest BCUT2D eigenvalue weighted by Crippen LogP contribution is 2.37. The summed E-state index contributed by atoms with van der Waals surface area (Å²) in [5.74, 6) is 1.98. The minimum atomic E-state index is 0.333. The zero-order valence-electron chi connectivity index (χ0n) is 13.4. The van der Waals surface area contributed by atoms with Crippen LogP contribution < -0.4 is 5.32 Å². The average molecular weight is 292 g/mol. The second kappa shape index (κ2) is 7.00. The highest BCUT2D eigenvalue weighted by molar-refractivity contribution is 8.00. The van der Waals surface area contributed by atoms with Crippen LogP contribution >= 0.6 is 11.8 Å². The zero-order chi connectivity index (χ0) is 14.6. The first-order chi connectivity index (χ1) is 9.49. The molecule has 1 fully saturated rings. The van der Waals surface area contributed by atoms with Crippen molar-refractivity contribution in [2.24, 2.45) is 0 Å². The number of hydrogen-bond donors (Lipinski definition) is 1. The van der Waals surface area contributed by atoms with Crippen molar-refractivity contribution in [3.63, 3.8) is 0 Å². The monoisotopic (exact) mass is 291 g/mol. The molecule has 0 aromatic heterocycles. The molecule has 0 bridgehead atoms. The Morgan fingerprint density at radius 1 is 1.20 bits per heavy atom. The maximum absolute atomic E-state index is 3.63. The highest BCUT2D eigenvalue weighted by atomic mass is 32.2. The second-order valence-corrected chi connectivity index (χ2v) is 8.67. The number of thioether (sulfide) groups is 1. The predicted molar refractivity (Wildman–Crippen MR) is 91.7 cm³/mol. The molecule has 1 nitrogen and oxygen atoms in total. The first-order valence-electron chi connectivity index (χ1n) is 7.97. The van der Waals surface area contributed by atoms with Crippen LogP contribution in [0.25, 0.3) is 0 Å². The van der Waals surface area contributed by atoms with Crippen molar-refractivity contribution >= 4 is 11.8 Å². The molecule has 1 N–H and O–H groups in total. The molecule has 0 radical (unpaired) electrons. The van der Waals surface area contributed by atoms with Crippen molar-refractivity contribution in [2.45, 2.75) is 63.7 Å². The van der Waals surface area contributed by atoms with E-state index in [4.69, 9.17) is 0 Å². The summed E-state index contributed by atoms with van der Waals surface area (Å²) in [4.78, 5) is 0.